The van der Waals surface area contributed by atoms with Crippen LogP contribution in [0.2, 0.25) is 0 Å². The molecule has 2 aromatic rings. The van der Waals surface area contributed by atoms with Crippen LogP contribution in [0.5, 0.6) is 0 Å². The van der Waals surface area contributed by atoms with E-state index in [1.165, 1.54) is 16.5 Å². The van der Waals surface area contributed by atoms with Crippen LogP contribution >= 0.6 is 11.8 Å². The standard InChI is InChI=1S/C16H18FNS/c1-11-4-3-5-14(8-11)19-10-16(18)13-6-7-15(17)12(2)9-13/h3-9,16H,10,18H2,1-2H3. The molecule has 100 valence electrons. The average molecular weight is 275 g/mol. The molecular weight excluding hydrogens is 257 g/mol. The van der Waals surface area contributed by atoms with Crippen molar-refractivity contribution in [1.82, 2.24) is 0 Å². The van der Waals surface area contributed by atoms with Gasteiger partial charge in [-0.15, -0.1) is 11.8 Å². The molecule has 0 spiro atoms. The number of nitrogens with two attached hydrogens (primary N) is 1. The van der Waals surface area contributed by atoms with Crippen LogP contribution < -0.4 is 5.73 Å². The second-order valence-corrected chi connectivity index (χ2v) is 5.84. The Morgan fingerprint density at radius 1 is 1.16 bits per heavy atom. The van der Waals surface area contributed by atoms with Gasteiger partial charge in [-0.3, -0.25) is 0 Å². The van der Waals surface area contributed by atoms with Gasteiger partial charge in [0.25, 0.3) is 0 Å². The second kappa shape index (κ2) is 6.22. The van der Waals surface area contributed by atoms with Crippen molar-refractivity contribution in [2.75, 3.05) is 5.75 Å². The highest BCUT2D eigenvalue weighted by atomic mass is 32.2. The van der Waals surface area contributed by atoms with Crippen LogP contribution in [-0.4, -0.2) is 5.75 Å². The predicted octanol–water partition coefficient (Wildman–Crippen LogP) is 4.23. The highest BCUT2D eigenvalue weighted by molar-refractivity contribution is 7.99. The molecule has 2 rings (SSSR count). The van der Waals surface area contributed by atoms with Crippen LogP contribution in [0, 0.1) is 19.7 Å². The van der Waals surface area contributed by atoms with Gasteiger partial charge in [-0.2, -0.15) is 0 Å². The first-order valence-corrected chi connectivity index (χ1v) is 7.26. The summed E-state index contributed by atoms with van der Waals surface area (Å²) in [4.78, 5) is 1.22. The van der Waals surface area contributed by atoms with Crippen molar-refractivity contribution in [3.8, 4) is 0 Å². The van der Waals surface area contributed by atoms with Gasteiger partial charge in [0.15, 0.2) is 0 Å². The maximum atomic E-state index is 13.2. The van der Waals surface area contributed by atoms with Crippen molar-refractivity contribution in [3.63, 3.8) is 0 Å². The fourth-order valence-corrected chi connectivity index (χ4v) is 2.89. The summed E-state index contributed by atoms with van der Waals surface area (Å²) in [6.45, 7) is 3.84. The minimum absolute atomic E-state index is 0.0789. The Bertz CT molecular complexity index is 568. The molecule has 0 aliphatic carbocycles. The summed E-state index contributed by atoms with van der Waals surface area (Å²) >= 11 is 1.73. The highest BCUT2D eigenvalue weighted by Gasteiger charge is 2.08. The molecular formula is C16H18FNS. The molecule has 3 heteroatoms. The Kier molecular flexibility index (Phi) is 4.61. The minimum atomic E-state index is -0.178. The Hall–Kier alpha value is -1.32. The van der Waals surface area contributed by atoms with E-state index in [0.717, 1.165) is 11.3 Å². The van der Waals surface area contributed by atoms with Crippen molar-refractivity contribution in [2.24, 2.45) is 5.73 Å². The van der Waals surface area contributed by atoms with Crippen molar-refractivity contribution >= 4 is 11.8 Å². The van der Waals surface area contributed by atoms with Gasteiger partial charge >= 0.3 is 0 Å². The van der Waals surface area contributed by atoms with E-state index in [1.54, 1.807) is 24.8 Å². The molecule has 0 saturated heterocycles. The molecule has 0 aliphatic rings. The molecule has 0 bridgehead atoms. The minimum Gasteiger partial charge on any atom is -0.323 e. The summed E-state index contributed by atoms with van der Waals surface area (Å²) < 4.78 is 13.2. The molecule has 0 saturated carbocycles. The molecule has 1 nitrogen and oxygen atoms in total. The van der Waals surface area contributed by atoms with Gasteiger partial charge in [-0.05, 0) is 43.2 Å². The quantitative estimate of drug-likeness (QED) is 0.845. The summed E-state index contributed by atoms with van der Waals surface area (Å²) in [6, 6.07) is 13.4. The highest BCUT2D eigenvalue weighted by Crippen LogP contribution is 2.24. The number of thioether (sulfide) groups is 1. The third-order valence-corrected chi connectivity index (χ3v) is 4.14. The van der Waals surface area contributed by atoms with Crippen LogP contribution in [0.15, 0.2) is 47.4 Å². The van der Waals surface area contributed by atoms with Crippen LogP contribution in [-0.2, 0) is 0 Å². The van der Waals surface area contributed by atoms with Gasteiger partial charge in [0.1, 0.15) is 5.82 Å². The van der Waals surface area contributed by atoms with Gasteiger partial charge < -0.3 is 5.73 Å². The van der Waals surface area contributed by atoms with Gasteiger partial charge in [-0.25, -0.2) is 4.39 Å². The topological polar surface area (TPSA) is 26.0 Å². The van der Waals surface area contributed by atoms with Gasteiger partial charge in [-0.1, -0.05) is 29.8 Å². The fourth-order valence-electron chi connectivity index (χ4n) is 1.89. The second-order valence-electron chi connectivity index (χ2n) is 4.74. The summed E-state index contributed by atoms with van der Waals surface area (Å²) in [7, 11) is 0. The number of hydrogen-bond acceptors (Lipinski definition) is 2. The van der Waals surface area contributed by atoms with Crippen LogP contribution in [0.25, 0.3) is 0 Å². The molecule has 19 heavy (non-hydrogen) atoms. The molecule has 0 amide bonds. The lowest BCUT2D eigenvalue weighted by molar-refractivity contribution is 0.616. The Labute approximate surface area is 118 Å². The first-order valence-electron chi connectivity index (χ1n) is 6.27. The molecule has 0 heterocycles. The molecule has 0 radical (unpaired) electrons. The SMILES string of the molecule is Cc1cccc(SCC(N)c2ccc(F)c(C)c2)c1. The third-order valence-electron chi connectivity index (χ3n) is 3.03. The molecule has 2 aromatic carbocycles. The van der Waals surface area contributed by atoms with E-state index >= 15 is 0 Å². The first-order chi connectivity index (χ1) is 9.06. The normalized spacial score (nSPS) is 12.4. The van der Waals surface area contributed by atoms with Crippen molar-refractivity contribution in [1.29, 1.82) is 0 Å². The van der Waals surface area contributed by atoms with Gasteiger partial charge in [0, 0.05) is 16.7 Å². The summed E-state index contributed by atoms with van der Waals surface area (Å²) in [5.74, 6) is 0.608. The van der Waals surface area contributed by atoms with Crippen LogP contribution in [0.3, 0.4) is 0 Å². The molecule has 0 fully saturated rings. The number of aryl methyl sites for hydroxylation is 2. The predicted molar refractivity (Wildman–Crippen MR) is 80.0 cm³/mol. The maximum Gasteiger partial charge on any atom is 0.126 e. The number of halogens is 1. The van der Waals surface area contributed by atoms with Crippen molar-refractivity contribution in [2.45, 2.75) is 24.8 Å². The number of benzene rings is 2. The van der Waals surface area contributed by atoms with E-state index in [1.807, 2.05) is 12.1 Å². The lowest BCUT2D eigenvalue weighted by Crippen LogP contribution is -2.13. The van der Waals surface area contributed by atoms with E-state index in [9.17, 15) is 4.39 Å². The largest absolute Gasteiger partial charge is 0.323 e. The summed E-state index contributed by atoms with van der Waals surface area (Å²) in [6.07, 6.45) is 0. The van der Waals surface area contributed by atoms with E-state index in [2.05, 4.69) is 25.1 Å². The molecule has 1 atom stereocenters. The van der Waals surface area contributed by atoms with E-state index in [4.69, 9.17) is 5.73 Å². The zero-order chi connectivity index (χ0) is 13.8. The Morgan fingerprint density at radius 2 is 1.95 bits per heavy atom. The van der Waals surface area contributed by atoms with Gasteiger partial charge in [0.2, 0.25) is 0 Å². The Morgan fingerprint density at radius 3 is 2.63 bits per heavy atom. The average Bonchev–Trinajstić information content (AvgIpc) is 2.39. The molecule has 1 unspecified atom stereocenters. The smallest absolute Gasteiger partial charge is 0.126 e. The molecule has 0 aromatic heterocycles. The lowest BCUT2D eigenvalue weighted by atomic mass is 10.1. The Balaban J connectivity index is 2.01. The maximum absolute atomic E-state index is 13.2. The summed E-state index contributed by atoms with van der Waals surface area (Å²) in [5, 5.41) is 0. The number of hydrogen-bond donors (Lipinski definition) is 1. The fraction of sp³-hybridized carbons (Fsp3) is 0.250. The van der Waals surface area contributed by atoms with Crippen LogP contribution in [0.1, 0.15) is 22.7 Å². The van der Waals surface area contributed by atoms with Crippen molar-refractivity contribution < 1.29 is 4.39 Å². The zero-order valence-corrected chi connectivity index (χ0v) is 12.0. The molecule has 2 N–H and O–H groups in total. The first kappa shape index (κ1) is 14.1. The number of rotatable bonds is 4. The zero-order valence-electron chi connectivity index (χ0n) is 11.2. The third kappa shape index (κ3) is 3.82. The van der Waals surface area contributed by atoms with Crippen LogP contribution in [0.4, 0.5) is 4.39 Å². The van der Waals surface area contributed by atoms with E-state index in [-0.39, 0.29) is 11.9 Å². The van der Waals surface area contributed by atoms with Gasteiger partial charge in [0.05, 0.1) is 0 Å². The van der Waals surface area contributed by atoms with Crippen molar-refractivity contribution in [3.05, 3.63) is 65.0 Å². The lowest BCUT2D eigenvalue weighted by Gasteiger charge is -2.13. The summed E-state index contributed by atoms with van der Waals surface area (Å²) in [5.41, 5.74) is 9.04. The van der Waals surface area contributed by atoms with E-state index in [0.29, 0.717) is 5.56 Å². The molecule has 0 aliphatic heterocycles. The monoisotopic (exact) mass is 275 g/mol. The van der Waals surface area contributed by atoms with E-state index < -0.39 is 0 Å².